The highest BCUT2D eigenvalue weighted by Gasteiger charge is 2.28. The number of nitrogens with one attached hydrogen (secondary N) is 1. The summed E-state index contributed by atoms with van der Waals surface area (Å²) in [4.78, 5) is 27.8. The predicted molar refractivity (Wildman–Crippen MR) is 137 cm³/mol. The minimum Gasteiger partial charge on any atom is -0.354 e. The second-order valence-electron chi connectivity index (χ2n) is 7.96. The molecule has 2 aromatic carbocycles. The van der Waals surface area contributed by atoms with Gasteiger partial charge >= 0.3 is 0 Å². The molecule has 0 aliphatic rings. The lowest BCUT2D eigenvalue weighted by atomic mass is 10.1. The Morgan fingerprint density at radius 1 is 1.03 bits per heavy atom. The fourth-order valence-corrected chi connectivity index (χ4v) is 4.53. The van der Waals surface area contributed by atoms with Crippen LogP contribution in [-0.4, -0.2) is 35.1 Å². The van der Waals surface area contributed by atoms with Crippen LogP contribution in [0.1, 0.15) is 38.3 Å². The largest absolute Gasteiger partial charge is 0.354 e. The van der Waals surface area contributed by atoms with Gasteiger partial charge in [0.2, 0.25) is 11.8 Å². The number of rotatable bonds is 11. The van der Waals surface area contributed by atoms with Crippen molar-refractivity contribution in [3.8, 4) is 0 Å². The molecule has 0 saturated carbocycles. The Labute approximate surface area is 210 Å². The van der Waals surface area contributed by atoms with Crippen molar-refractivity contribution in [2.75, 3.05) is 12.3 Å². The first-order valence-corrected chi connectivity index (χ1v) is 12.8. The van der Waals surface area contributed by atoms with E-state index in [1.807, 2.05) is 51.1 Å². The summed E-state index contributed by atoms with van der Waals surface area (Å²) in [5, 5.41) is 4.50. The fraction of sp³-hybridized carbons (Fsp3) is 0.417. The van der Waals surface area contributed by atoms with Gasteiger partial charge in [-0.2, -0.15) is 0 Å². The van der Waals surface area contributed by atoms with Gasteiger partial charge in [0.05, 0.1) is 15.8 Å². The van der Waals surface area contributed by atoms with Crippen molar-refractivity contribution in [1.29, 1.82) is 0 Å². The van der Waals surface area contributed by atoms with Crippen LogP contribution in [0.25, 0.3) is 0 Å². The fourth-order valence-electron chi connectivity index (χ4n) is 3.14. The Balaban J connectivity index is 2.15. The molecule has 0 aromatic heterocycles. The molecule has 0 aliphatic carbocycles. The Hall–Kier alpha value is -1.40. The first-order chi connectivity index (χ1) is 15.2. The minimum atomic E-state index is -0.567. The standard InChI is InChI=1S/C24H29Cl3N2O2S/c1-4-22(24(31)28-12-16(2)3)29(13-17-8-9-20(26)21(27)11-17)23(30)15-32-14-18-6-5-7-19(25)10-18/h5-11,16,22H,4,12-15H2,1-3H3,(H,28,31). The lowest BCUT2D eigenvalue weighted by Crippen LogP contribution is -2.50. The summed E-state index contributed by atoms with van der Waals surface area (Å²) in [6.45, 7) is 6.82. The molecule has 0 fully saturated rings. The molecule has 0 radical (unpaired) electrons. The number of halogens is 3. The monoisotopic (exact) mass is 514 g/mol. The zero-order valence-electron chi connectivity index (χ0n) is 18.5. The summed E-state index contributed by atoms with van der Waals surface area (Å²) in [7, 11) is 0. The summed E-state index contributed by atoms with van der Waals surface area (Å²) in [5.74, 6) is 0.985. The SMILES string of the molecule is CCC(C(=O)NCC(C)C)N(Cc1ccc(Cl)c(Cl)c1)C(=O)CSCc1cccc(Cl)c1. The minimum absolute atomic E-state index is 0.102. The molecule has 1 atom stereocenters. The number of benzene rings is 2. The molecule has 1 N–H and O–H groups in total. The highest BCUT2D eigenvalue weighted by molar-refractivity contribution is 7.99. The maximum absolute atomic E-state index is 13.2. The van der Waals surface area contributed by atoms with E-state index in [0.29, 0.717) is 39.7 Å². The molecular weight excluding hydrogens is 487 g/mol. The lowest BCUT2D eigenvalue weighted by Gasteiger charge is -2.31. The quantitative estimate of drug-likeness (QED) is 0.373. The molecule has 0 saturated heterocycles. The van der Waals surface area contributed by atoms with E-state index in [2.05, 4.69) is 5.32 Å². The maximum Gasteiger partial charge on any atom is 0.242 e. The van der Waals surface area contributed by atoms with Crippen LogP contribution in [0.2, 0.25) is 15.1 Å². The number of carbonyl (C=O) groups excluding carboxylic acids is 2. The molecule has 0 heterocycles. The van der Waals surface area contributed by atoms with Gasteiger partial charge in [0.15, 0.2) is 0 Å². The summed E-state index contributed by atoms with van der Waals surface area (Å²) in [6.07, 6.45) is 0.510. The normalized spacial score (nSPS) is 12.0. The Bertz CT molecular complexity index is 924. The zero-order chi connectivity index (χ0) is 23.7. The van der Waals surface area contributed by atoms with E-state index in [-0.39, 0.29) is 24.1 Å². The topological polar surface area (TPSA) is 49.4 Å². The van der Waals surface area contributed by atoms with Crippen LogP contribution in [0.5, 0.6) is 0 Å². The Kier molecular flexibility index (Phi) is 11.2. The molecule has 8 heteroatoms. The Morgan fingerprint density at radius 3 is 2.41 bits per heavy atom. The van der Waals surface area contributed by atoms with E-state index in [0.717, 1.165) is 11.1 Å². The van der Waals surface area contributed by atoms with Crippen molar-refractivity contribution < 1.29 is 9.59 Å². The van der Waals surface area contributed by atoms with Gasteiger partial charge in [-0.05, 0) is 47.7 Å². The van der Waals surface area contributed by atoms with Gasteiger partial charge in [-0.1, -0.05) is 73.8 Å². The van der Waals surface area contributed by atoms with Gasteiger partial charge in [-0.25, -0.2) is 0 Å². The van der Waals surface area contributed by atoms with Crippen LogP contribution >= 0.6 is 46.6 Å². The van der Waals surface area contributed by atoms with Crippen LogP contribution < -0.4 is 5.32 Å². The summed E-state index contributed by atoms with van der Waals surface area (Å²) < 4.78 is 0. The number of hydrogen-bond acceptors (Lipinski definition) is 3. The van der Waals surface area contributed by atoms with E-state index in [1.54, 1.807) is 17.0 Å². The lowest BCUT2D eigenvalue weighted by molar-refractivity contribution is -0.139. The second kappa shape index (κ2) is 13.3. The number of nitrogens with zero attached hydrogens (tertiary/aromatic N) is 1. The molecule has 2 aromatic rings. The molecule has 32 heavy (non-hydrogen) atoms. The van der Waals surface area contributed by atoms with Gasteiger partial charge in [0.1, 0.15) is 6.04 Å². The van der Waals surface area contributed by atoms with Gasteiger partial charge < -0.3 is 10.2 Å². The third-order valence-electron chi connectivity index (χ3n) is 4.79. The van der Waals surface area contributed by atoms with E-state index < -0.39 is 6.04 Å². The van der Waals surface area contributed by atoms with Crippen molar-refractivity contribution in [1.82, 2.24) is 10.2 Å². The molecule has 1 unspecified atom stereocenters. The van der Waals surface area contributed by atoms with E-state index in [4.69, 9.17) is 34.8 Å². The zero-order valence-corrected chi connectivity index (χ0v) is 21.6. The van der Waals surface area contributed by atoms with Crippen molar-refractivity contribution in [3.05, 3.63) is 68.7 Å². The first kappa shape index (κ1) is 26.8. The molecule has 0 aliphatic heterocycles. The van der Waals surface area contributed by atoms with Crippen molar-refractivity contribution in [3.63, 3.8) is 0 Å². The average Bonchev–Trinajstić information content (AvgIpc) is 2.74. The molecule has 0 spiro atoms. The second-order valence-corrected chi connectivity index (χ2v) is 10.2. The van der Waals surface area contributed by atoms with Gasteiger partial charge in [-0.15, -0.1) is 11.8 Å². The number of hydrogen-bond donors (Lipinski definition) is 1. The number of thioether (sulfide) groups is 1. The van der Waals surface area contributed by atoms with E-state index in [9.17, 15) is 9.59 Å². The molecule has 2 amide bonds. The smallest absolute Gasteiger partial charge is 0.242 e. The number of amides is 2. The van der Waals surface area contributed by atoms with Crippen LogP contribution in [0.15, 0.2) is 42.5 Å². The first-order valence-electron chi connectivity index (χ1n) is 10.5. The van der Waals surface area contributed by atoms with Crippen LogP contribution in [-0.2, 0) is 21.9 Å². The summed E-state index contributed by atoms with van der Waals surface area (Å²) in [6, 6.07) is 12.3. The van der Waals surface area contributed by atoms with Crippen molar-refractivity contribution in [2.45, 2.75) is 45.5 Å². The van der Waals surface area contributed by atoms with Gasteiger partial charge in [0.25, 0.3) is 0 Å². The van der Waals surface area contributed by atoms with Gasteiger partial charge in [0, 0.05) is 23.9 Å². The molecule has 2 rings (SSSR count). The summed E-state index contributed by atoms with van der Waals surface area (Å²) >= 11 is 19.8. The molecular formula is C24H29Cl3N2O2S. The van der Waals surface area contributed by atoms with E-state index >= 15 is 0 Å². The third-order valence-corrected chi connectivity index (χ3v) is 6.75. The van der Waals surface area contributed by atoms with Crippen molar-refractivity contribution in [2.24, 2.45) is 5.92 Å². The maximum atomic E-state index is 13.2. The third kappa shape index (κ3) is 8.51. The summed E-state index contributed by atoms with van der Waals surface area (Å²) in [5.41, 5.74) is 1.87. The number of carbonyl (C=O) groups is 2. The van der Waals surface area contributed by atoms with Gasteiger partial charge in [-0.3, -0.25) is 9.59 Å². The average molecular weight is 516 g/mol. The highest BCUT2D eigenvalue weighted by atomic mass is 35.5. The van der Waals surface area contributed by atoms with E-state index in [1.165, 1.54) is 11.8 Å². The molecule has 0 bridgehead atoms. The predicted octanol–water partition coefficient (Wildman–Crippen LogP) is 6.46. The highest BCUT2D eigenvalue weighted by Crippen LogP contribution is 2.25. The molecule has 174 valence electrons. The van der Waals surface area contributed by atoms with Crippen LogP contribution in [0.3, 0.4) is 0 Å². The van der Waals surface area contributed by atoms with Crippen LogP contribution in [0, 0.1) is 5.92 Å². The Morgan fingerprint density at radius 2 is 1.78 bits per heavy atom. The molecule has 4 nitrogen and oxygen atoms in total. The van der Waals surface area contributed by atoms with Crippen molar-refractivity contribution >= 4 is 58.4 Å². The van der Waals surface area contributed by atoms with Crippen LogP contribution in [0.4, 0.5) is 0 Å².